The van der Waals surface area contributed by atoms with Crippen LogP contribution >= 0.6 is 22.7 Å². The molecule has 3 heterocycles. The highest BCUT2D eigenvalue weighted by molar-refractivity contribution is 7.13. The summed E-state index contributed by atoms with van der Waals surface area (Å²) in [5, 5.41) is 2.81. The topological polar surface area (TPSA) is 59.5 Å². The molecule has 0 aromatic carbocycles. The van der Waals surface area contributed by atoms with E-state index in [0.717, 1.165) is 21.9 Å². The molecule has 0 radical (unpaired) electrons. The maximum atomic E-state index is 12.9. The predicted molar refractivity (Wildman–Crippen MR) is 85.4 cm³/mol. The van der Waals surface area contributed by atoms with Gasteiger partial charge in [-0.15, -0.1) is 22.7 Å². The number of carbonyl (C=O) groups is 2. The third-order valence-electron chi connectivity index (χ3n) is 3.75. The van der Waals surface area contributed by atoms with Gasteiger partial charge in [-0.05, 0) is 37.3 Å². The Hall–Kier alpha value is -1.73. The van der Waals surface area contributed by atoms with Crippen molar-refractivity contribution < 1.29 is 14.3 Å². The lowest BCUT2D eigenvalue weighted by Gasteiger charge is -2.33. The second-order valence-electron chi connectivity index (χ2n) is 5.12. The van der Waals surface area contributed by atoms with Crippen molar-refractivity contribution in [3.63, 3.8) is 0 Å². The number of esters is 1. The Morgan fingerprint density at radius 2 is 2.18 bits per heavy atom. The molecule has 22 heavy (non-hydrogen) atoms. The van der Waals surface area contributed by atoms with Crippen molar-refractivity contribution in [3.05, 3.63) is 37.5 Å². The van der Waals surface area contributed by atoms with Gasteiger partial charge in [-0.2, -0.15) is 0 Å². The minimum absolute atomic E-state index is 0.143. The summed E-state index contributed by atoms with van der Waals surface area (Å²) in [6, 6.07) is 1.25. The Balaban J connectivity index is 2.00. The second kappa shape index (κ2) is 5.81. The molecule has 3 rings (SSSR count). The molecule has 0 N–H and O–H groups in total. The number of aromatic nitrogens is 1. The molecule has 0 bridgehead atoms. The standard InChI is InChI=1S/C15H16N2O3S2/c1-8-13(22-9(2)16-8)14(18)17-6-4-11-10(5-7-21-11)12(17)15(19)20-3/h5,7,12H,4,6H2,1-3H3. The quantitative estimate of drug-likeness (QED) is 0.791. The van der Waals surface area contributed by atoms with E-state index in [9.17, 15) is 9.59 Å². The van der Waals surface area contributed by atoms with E-state index in [4.69, 9.17) is 4.74 Å². The molecule has 1 unspecified atom stereocenters. The first-order valence-electron chi connectivity index (χ1n) is 6.92. The van der Waals surface area contributed by atoms with Crippen LogP contribution in [0.2, 0.25) is 0 Å². The summed E-state index contributed by atoms with van der Waals surface area (Å²) >= 11 is 2.99. The first-order chi connectivity index (χ1) is 10.5. The van der Waals surface area contributed by atoms with E-state index < -0.39 is 12.0 Å². The Kier molecular flexibility index (Phi) is 4.01. The van der Waals surface area contributed by atoms with Crippen LogP contribution in [0.5, 0.6) is 0 Å². The summed E-state index contributed by atoms with van der Waals surface area (Å²) in [6.45, 7) is 4.21. The molecule has 0 saturated carbocycles. The van der Waals surface area contributed by atoms with Gasteiger partial charge >= 0.3 is 5.97 Å². The first-order valence-corrected chi connectivity index (χ1v) is 8.61. The SMILES string of the molecule is COC(=O)C1c2ccsc2CCN1C(=O)c1sc(C)nc1C. The molecule has 2 aromatic heterocycles. The van der Waals surface area contributed by atoms with Crippen LogP contribution in [-0.2, 0) is 16.0 Å². The fraction of sp³-hybridized carbons (Fsp3) is 0.400. The molecule has 2 aromatic rings. The number of amides is 1. The number of carbonyl (C=O) groups excluding carboxylic acids is 2. The molecule has 1 atom stereocenters. The molecule has 0 saturated heterocycles. The van der Waals surface area contributed by atoms with Gasteiger partial charge in [0, 0.05) is 11.4 Å². The highest BCUT2D eigenvalue weighted by Crippen LogP contribution is 2.35. The van der Waals surface area contributed by atoms with Crippen molar-refractivity contribution >= 4 is 34.6 Å². The lowest BCUT2D eigenvalue weighted by atomic mass is 9.99. The largest absolute Gasteiger partial charge is 0.467 e. The van der Waals surface area contributed by atoms with Crippen LogP contribution in [0.25, 0.3) is 0 Å². The number of methoxy groups -OCH3 is 1. The molecule has 0 aliphatic carbocycles. The van der Waals surface area contributed by atoms with E-state index in [-0.39, 0.29) is 5.91 Å². The first kappa shape index (κ1) is 15.2. The average Bonchev–Trinajstić information content (AvgIpc) is 3.10. The number of hydrogen-bond acceptors (Lipinski definition) is 6. The van der Waals surface area contributed by atoms with E-state index in [1.54, 1.807) is 16.2 Å². The van der Waals surface area contributed by atoms with Gasteiger partial charge in [0.1, 0.15) is 4.88 Å². The number of nitrogens with zero attached hydrogens (tertiary/aromatic N) is 2. The van der Waals surface area contributed by atoms with Crippen molar-refractivity contribution in [2.24, 2.45) is 0 Å². The van der Waals surface area contributed by atoms with Gasteiger partial charge in [0.25, 0.3) is 5.91 Å². The fourth-order valence-corrected chi connectivity index (χ4v) is 4.54. The Labute approximate surface area is 136 Å². The van der Waals surface area contributed by atoms with Crippen LogP contribution in [0.4, 0.5) is 0 Å². The molecule has 7 heteroatoms. The second-order valence-corrected chi connectivity index (χ2v) is 7.32. The van der Waals surface area contributed by atoms with Crippen molar-refractivity contribution in [1.29, 1.82) is 0 Å². The zero-order chi connectivity index (χ0) is 15.9. The third-order valence-corrected chi connectivity index (χ3v) is 5.81. The van der Waals surface area contributed by atoms with Gasteiger partial charge in [-0.1, -0.05) is 0 Å². The van der Waals surface area contributed by atoms with E-state index in [1.807, 2.05) is 25.3 Å². The Morgan fingerprint density at radius 3 is 2.82 bits per heavy atom. The van der Waals surface area contributed by atoms with Gasteiger partial charge in [0.2, 0.25) is 0 Å². The van der Waals surface area contributed by atoms with Crippen molar-refractivity contribution in [1.82, 2.24) is 9.88 Å². The summed E-state index contributed by atoms with van der Waals surface area (Å²) < 4.78 is 4.93. The summed E-state index contributed by atoms with van der Waals surface area (Å²) in [5.41, 5.74) is 1.60. The van der Waals surface area contributed by atoms with Crippen molar-refractivity contribution in [3.8, 4) is 0 Å². The molecule has 116 valence electrons. The smallest absolute Gasteiger partial charge is 0.333 e. The summed E-state index contributed by atoms with van der Waals surface area (Å²) in [5.74, 6) is -0.540. The Morgan fingerprint density at radius 1 is 1.41 bits per heavy atom. The fourth-order valence-electron chi connectivity index (χ4n) is 2.76. The Bertz CT molecular complexity index is 735. The number of rotatable bonds is 2. The lowest BCUT2D eigenvalue weighted by molar-refractivity contribution is -0.146. The number of hydrogen-bond donors (Lipinski definition) is 0. The van der Waals surface area contributed by atoms with Gasteiger partial charge < -0.3 is 9.64 Å². The third kappa shape index (κ3) is 2.44. The number of thiazole rings is 1. The number of aryl methyl sites for hydroxylation is 2. The van der Waals surface area contributed by atoms with Crippen LogP contribution in [0.3, 0.4) is 0 Å². The molecule has 1 aliphatic rings. The minimum Gasteiger partial charge on any atom is -0.467 e. The molecule has 1 amide bonds. The summed E-state index contributed by atoms with van der Waals surface area (Å²) in [7, 11) is 1.35. The highest BCUT2D eigenvalue weighted by Gasteiger charge is 2.38. The monoisotopic (exact) mass is 336 g/mol. The van der Waals surface area contributed by atoms with E-state index in [2.05, 4.69) is 4.98 Å². The van der Waals surface area contributed by atoms with Gasteiger partial charge in [0.15, 0.2) is 6.04 Å². The normalized spacial score (nSPS) is 17.2. The van der Waals surface area contributed by atoms with Crippen LogP contribution in [0.1, 0.15) is 36.9 Å². The van der Waals surface area contributed by atoms with Crippen molar-refractivity contribution in [2.75, 3.05) is 13.7 Å². The average molecular weight is 336 g/mol. The molecular weight excluding hydrogens is 320 g/mol. The number of thiophene rings is 1. The molecule has 0 fully saturated rings. The van der Waals surface area contributed by atoms with Gasteiger partial charge in [0.05, 0.1) is 17.8 Å². The van der Waals surface area contributed by atoms with E-state index in [0.29, 0.717) is 17.1 Å². The molecular formula is C15H16N2O3S2. The molecule has 5 nitrogen and oxygen atoms in total. The highest BCUT2D eigenvalue weighted by atomic mass is 32.1. The predicted octanol–water partition coefficient (Wildman–Crippen LogP) is 2.73. The van der Waals surface area contributed by atoms with Crippen LogP contribution in [-0.4, -0.2) is 35.4 Å². The zero-order valence-corrected chi connectivity index (χ0v) is 14.2. The van der Waals surface area contributed by atoms with Gasteiger partial charge in [-0.3, -0.25) is 4.79 Å². The van der Waals surface area contributed by atoms with E-state index >= 15 is 0 Å². The number of ether oxygens (including phenoxy) is 1. The minimum atomic E-state index is -0.658. The van der Waals surface area contributed by atoms with Crippen molar-refractivity contribution in [2.45, 2.75) is 26.3 Å². The summed E-state index contributed by atoms with van der Waals surface area (Å²) in [4.78, 5) is 32.8. The van der Waals surface area contributed by atoms with Crippen LogP contribution in [0.15, 0.2) is 11.4 Å². The maximum absolute atomic E-state index is 12.9. The van der Waals surface area contributed by atoms with Crippen LogP contribution in [0, 0.1) is 13.8 Å². The van der Waals surface area contributed by atoms with Crippen LogP contribution < -0.4 is 0 Å². The van der Waals surface area contributed by atoms with E-state index in [1.165, 1.54) is 18.4 Å². The number of fused-ring (bicyclic) bond motifs is 1. The molecule has 0 spiro atoms. The zero-order valence-electron chi connectivity index (χ0n) is 12.6. The summed E-state index contributed by atoms with van der Waals surface area (Å²) in [6.07, 6.45) is 0.767. The lowest BCUT2D eigenvalue weighted by Crippen LogP contribution is -2.43. The maximum Gasteiger partial charge on any atom is 0.333 e. The molecule has 1 aliphatic heterocycles. The van der Waals surface area contributed by atoms with Gasteiger partial charge in [-0.25, -0.2) is 9.78 Å².